The van der Waals surface area contributed by atoms with E-state index in [0.717, 1.165) is 5.19 Å². The Morgan fingerprint density at radius 3 is 1.91 bits per heavy atom. The molecule has 1 aromatic rings. The van der Waals surface area contributed by atoms with E-state index >= 15 is 0 Å². The fourth-order valence-corrected chi connectivity index (χ4v) is 1.85. The SMILES string of the molecule is C[Si](C)(O)c1ccccc1.[H-].[Li+]. The Bertz CT molecular complexity index is 210. The molecule has 1 rings (SSSR count). The van der Waals surface area contributed by atoms with Gasteiger partial charge in [-0.1, -0.05) is 30.3 Å². The van der Waals surface area contributed by atoms with E-state index in [4.69, 9.17) is 0 Å². The van der Waals surface area contributed by atoms with E-state index in [1.165, 1.54) is 0 Å². The third-order valence-corrected chi connectivity index (χ3v) is 3.23. The van der Waals surface area contributed by atoms with Gasteiger partial charge in [-0.3, -0.25) is 0 Å². The van der Waals surface area contributed by atoms with Crippen molar-refractivity contribution in [3.05, 3.63) is 30.3 Å². The van der Waals surface area contributed by atoms with Gasteiger partial charge < -0.3 is 6.22 Å². The molecule has 0 aliphatic heterocycles. The fourth-order valence-electron chi connectivity index (χ4n) is 0.846. The third kappa shape index (κ3) is 3.26. The number of benzene rings is 1. The zero-order valence-corrected chi connectivity index (χ0v) is 8.33. The number of hydrogen-bond acceptors (Lipinski definition) is 1. The van der Waals surface area contributed by atoms with Crippen LogP contribution in [0.15, 0.2) is 30.3 Å². The Hall–Kier alpha value is -0.00571. The molecule has 11 heavy (non-hydrogen) atoms. The van der Waals surface area contributed by atoms with Crippen molar-refractivity contribution in [1.29, 1.82) is 0 Å². The quantitative estimate of drug-likeness (QED) is 0.481. The van der Waals surface area contributed by atoms with Crippen LogP contribution in [-0.4, -0.2) is 13.1 Å². The molecule has 3 heteroatoms. The molecule has 0 heterocycles. The number of hydrogen-bond donors (Lipinski definition) is 1. The molecule has 0 atom stereocenters. The Labute approximate surface area is 82.2 Å². The summed E-state index contributed by atoms with van der Waals surface area (Å²) < 4.78 is 0. The fraction of sp³-hybridized carbons (Fsp3) is 0.250. The van der Waals surface area contributed by atoms with Crippen LogP contribution in [0.2, 0.25) is 13.1 Å². The first kappa shape index (κ1) is 11.0. The van der Waals surface area contributed by atoms with E-state index in [0.29, 0.717) is 0 Å². The van der Waals surface area contributed by atoms with Gasteiger partial charge in [0, 0.05) is 0 Å². The largest absolute Gasteiger partial charge is 1.00 e. The molecule has 0 aliphatic carbocycles. The smallest absolute Gasteiger partial charge is 1.00 e. The molecule has 1 N–H and O–H groups in total. The van der Waals surface area contributed by atoms with Crippen LogP contribution in [0.4, 0.5) is 0 Å². The molecule has 0 aliphatic rings. The molecular weight excluding hydrogens is 147 g/mol. The maximum atomic E-state index is 9.63. The molecule has 0 aromatic heterocycles. The van der Waals surface area contributed by atoms with Gasteiger partial charge in [0.25, 0.3) is 0 Å². The zero-order valence-electron chi connectivity index (χ0n) is 8.33. The topological polar surface area (TPSA) is 20.2 Å². The van der Waals surface area contributed by atoms with Crippen LogP contribution in [0.1, 0.15) is 1.43 Å². The van der Waals surface area contributed by atoms with Crippen molar-refractivity contribution in [2.45, 2.75) is 13.1 Å². The zero-order chi connectivity index (χ0) is 7.61. The van der Waals surface area contributed by atoms with Gasteiger partial charge in [-0.05, 0) is 18.3 Å². The maximum absolute atomic E-state index is 9.63. The Kier molecular flexibility index (Phi) is 4.13. The standard InChI is InChI=1S/C8H12OSi.Li.H/c1-10(2,9)8-6-4-3-5-7-8;;/h3-7,9H,1-2H3;;/q;+1;-1. The van der Waals surface area contributed by atoms with E-state index in [1.54, 1.807) is 0 Å². The normalized spacial score (nSPS) is 10.5. The summed E-state index contributed by atoms with van der Waals surface area (Å²) in [6.45, 7) is 3.84. The molecule has 0 amide bonds. The molecule has 0 bridgehead atoms. The predicted octanol–water partition coefficient (Wildman–Crippen LogP) is -1.79. The van der Waals surface area contributed by atoms with Gasteiger partial charge in [-0.15, -0.1) is 0 Å². The van der Waals surface area contributed by atoms with E-state index < -0.39 is 8.32 Å². The Morgan fingerprint density at radius 1 is 1.18 bits per heavy atom. The first-order valence-corrected chi connectivity index (χ1v) is 6.33. The Morgan fingerprint density at radius 2 is 1.64 bits per heavy atom. The van der Waals surface area contributed by atoms with Crippen molar-refractivity contribution >= 4 is 13.5 Å². The maximum Gasteiger partial charge on any atom is 1.00 e. The minimum atomic E-state index is -2.03. The second kappa shape index (κ2) is 4.13. The molecule has 0 radical (unpaired) electrons. The summed E-state index contributed by atoms with van der Waals surface area (Å²) in [4.78, 5) is 9.63. The van der Waals surface area contributed by atoms with Crippen LogP contribution in [0.3, 0.4) is 0 Å². The molecule has 0 unspecified atom stereocenters. The second-order valence-electron chi connectivity index (χ2n) is 2.93. The van der Waals surface area contributed by atoms with Crippen molar-refractivity contribution in [2.75, 3.05) is 0 Å². The van der Waals surface area contributed by atoms with Gasteiger partial charge in [0.15, 0.2) is 0 Å². The summed E-state index contributed by atoms with van der Waals surface area (Å²) in [5.41, 5.74) is 0. The van der Waals surface area contributed by atoms with Gasteiger partial charge in [0.1, 0.15) is 0 Å². The third-order valence-electron chi connectivity index (χ3n) is 1.48. The minimum absolute atomic E-state index is 0. The average Bonchev–Trinajstić information content (AvgIpc) is 1.88. The summed E-state index contributed by atoms with van der Waals surface area (Å²) in [5, 5.41) is 1.09. The van der Waals surface area contributed by atoms with Gasteiger partial charge >= 0.3 is 18.9 Å². The molecule has 0 saturated carbocycles. The van der Waals surface area contributed by atoms with Crippen LogP contribution in [-0.2, 0) is 0 Å². The first-order chi connectivity index (χ1) is 4.61. The van der Waals surface area contributed by atoms with Crippen molar-refractivity contribution in [3.63, 3.8) is 0 Å². The predicted molar refractivity (Wildman–Crippen MR) is 46.9 cm³/mol. The average molecular weight is 160 g/mol. The molecule has 0 saturated heterocycles. The van der Waals surface area contributed by atoms with Crippen LogP contribution in [0.5, 0.6) is 0 Å². The number of rotatable bonds is 1. The van der Waals surface area contributed by atoms with E-state index in [-0.39, 0.29) is 20.3 Å². The molecule has 1 aromatic carbocycles. The Balaban J connectivity index is 0. The first-order valence-electron chi connectivity index (χ1n) is 3.38. The van der Waals surface area contributed by atoms with Crippen molar-refractivity contribution < 1.29 is 25.1 Å². The summed E-state index contributed by atoms with van der Waals surface area (Å²) >= 11 is 0. The van der Waals surface area contributed by atoms with Crippen LogP contribution in [0, 0.1) is 0 Å². The van der Waals surface area contributed by atoms with Crippen molar-refractivity contribution in [2.24, 2.45) is 0 Å². The van der Waals surface area contributed by atoms with Crippen LogP contribution < -0.4 is 24.0 Å². The van der Waals surface area contributed by atoms with E-state index in [1.807, 2.05) is 43.4 Å². The summed E-state index contributed by atoms with van der Waals surface area (Å²) in [6.07, 6.45) is 0. The van der Waals surface area contributed by atoms with Crippen LogP contribution >= 0.6 is 0 Å². The molecule has 1 nitrogen and oxygen atoms in total. The second-order valence-corrected chi connectivity index (χ2v) is 6.62. The molecular formula is C8H13LiOSi. The summed E-state index contributed by atoms with van der Waals surface area (Å²) in [6, 6.07) is 9.84. The van der Waals surface area contributed by atoms with E-state index in [2.05, 4.69) is 0 Å². The summed E-state index contributed by atoms with van der Waals surface area (Å²) in [7, 11) is -2.03. The van der Waals surface area contributed by atoms with Gasteiger partial charge in [0.2, 0.25) is 8.32 Å². The van der Waals surface area contributed by atoms with Crippen molar-refractivity contribution in [3.8, 4) is 0 Å². The van der Waals surface area contributed by atoms with Gasteiger partial charge in [-0.2, -0.15) is 0 Å². The molecule has 0 fully saturated rings. The molecule has 56 valence electrons. The van der Waals surface area contributed by atoms with Gasteiger partial charge in [-0.25, -0.2) is 0 Å². The van der Waals surface area contributed by atoms with Crippen LogP contribution in [0.25, 0.3) is 0 Å². The van der Waals surface area contributed by atoms with Crippen molar-refractivity contribution in [1.82, 2.24) is 0 Å². The molecule has 0 spiro atoms. The van der Waals surface area contributed by atoms with E-state index in [9.17, 15) is 4.80 Å². The monoisotopic (exact) mass is 160 g/mol. The summed E-state index contributed by atoms with van der Waals surface area (Å²) in [5.74, 6) is 0. The van der Waals surface area contributed by atoms with Gasteiger partial charge in [0.05, 0.1) is 0 Å². The minimum Gasteiger partial charge on any atom is -1.00 e.